The van der Waals surface area contributed by atoms with Gasteiger partial charge in [-0.15, -0.1) is 26.3 Å². The molecule has 0 unspecified atom stereocenters. The maximum Gasteiger partial charge on any atom is 0.0384 e. The summed E-state index contributed by atoms with van der Waals surface area (Å²) in [5.74, 6) is 0. The van der Waals surface area contributed by atoms with Gasteiger partial charge in [0, 0.05) is 17.8 Å². The van der Waals surface area contributed by atoms with Crippen LogP contribution in [-0.2, 0) is 6.42 Å². The fourth-order valence-corrected chi connectivity index (χ4v) is 2.77. The van der Waals surface area contributed by atoms with Gasteiger partial charge in [-0.05, 0) is 74.6 Å². The quantitative estimate of drug-likeness (QED) is 0.417. The number of nitrogens with one attached hydrogen (secondary N) is 1. The highest BCUT2D eigenvalue weighted by Gasteiger charge is 2.06. The molecule has 35 heavy (non-hydrogen) atoms. The van der Waals surface area contributed by atoms with Crippen LogP contribution in [0, 0.1) is 34.6 Å². The van der Waals surface area contributed by atoms with Gasteiger partial charge in [-0.1, -0.05) is 98.6 Å². The van der Waals surface area contributed by atoms with Gasteiger partial charge in [0.1, 0.15) is 0 Å². The van der Waals surface area contributed by atoms with Gasteiger partial charge in [0.2, 0.25) is 0 Å². The molecule has 2 aromatic rings. The number of allylic oxidation sites excluding steroid dienone is 1. The van der Waals surface area contributed by atoms with E-state index in [0.29, 0.717) is 0 Å². The van der Waals surface area contributed by atoms with E-state index in [2.05, 4.69) is 117 Å². The van der Waals surface area contributed by atoms with Crippen molar-refractivity contribution in [3.05, 3.63) is 102 Å². The third kappa shape index (κ3) is 21.7. The zero-order valence-electron chi connectivity index (χ0n) is 26.0. The molecule has 0 saturated carbocycles. The summed E-state index contributed by atoms with van der Waals surface area (Å²) in [4.78, 5) is 0. The number of aryl methyl sites for hydroxylation is 5. The average Bonchev–Trinajstić information content (AvgIpc) is 2.90. The molecule has 0 aliphatic heterocycles. The van der Waals surface area contributed by atoms with Crippen molar-refractivity contribution in [2.24, 2.45) is 0 Å². The van der Waals surface area contributed by atoms with Crippen molar-refractivity contribution in [1.82, 2.24) is 0 Å². The van der Waals surface area contributed by atoms with Crippen molar-refractivity contribution >= 4 is 5.69 Å². The topological polar surface area (TPSA) is 12.0 Å². The maximum absolute atomic E-state index is 4.19. The van der Waals surface area contributed by atoms with Gasteiger partial charge in [0.15, 0.2) is 0 Å². The minimum Gasteiger partial charge on any atom is -0.359 e. The lowest BCUT2D eigenvalue weighted by Gasteiger charge is -2.15. The van der Waals surface area contributed by atoms with Gasteiger partial charge in [0.25, 0.3) is 0 Å². The second kappa shape index (κ2) is 31.5. The molecule has 1 N–H and O–H groups in total. The fourth-order valence-electron chi connectivity index (χ4n) is 2.77. The van der Waals surface area contributed by atoms with Crippen LogP contribution in [0.1, 0.15) is 102 Å². The van der Waals surface area contributed by atoms with E-state index >= 15 is 0 Å². The van der Waals surface area contributed by atoms with Crippen LogP contribution in [0.5, 0.6) is 0 Å². The maximum atomic E-state index is 4.19. The second-order valence-corrected chi connectivity index (χ2v) is 7.08. The van der Waals surface area contributed by atoms with Crippen LogP contribution in [0.15, 0.2) is 68.9 Å². The largest absolute Gasteiger partial charge is 0.359 e. The summed E-state index contributed by atoms with van der Waals surface area (Å²) in [6.45, 7) is 43.3. The monoisotopic (exact) mass is 483 g/mol. The molecule has 2 rings (SSSR count). The van der Waals surface area contributed by atoms with E-state index < -0.39 is 0 Å². The van der Waals surface area contributed by atoms with Gasteiger partial charge < -0.3 is 5.32 Å². The van der Waals surface area contributed by atoms with Crippen molar-refractivity contribution in [1.29, 1.82) is 0 Å². The number of rotatable bonds is 5. The van der Waals surface area contributed by atoms with E-state index in [9.17, 15) is 0 Å². The normalized spacial score (nSPS) is 7.91. The van der Waals surface area contributed by atoms with Gasteiger partial charge in [-0.25, -0.2) is 0 Å². The lowest BCUT2D eigenvalue weighted by atomic mass is 9.96. The predicted octanol–water partition coefficient (Wildman–Crippen LogP) is 11.9. The predicted molar refractivity (Wildman–Crippen MR) is 170 cm³/mol. The average molecular weight is 484 g/mol. The number of unbranched alkanes of at least 4 members (excludes halogenated alkanes) is 1. The minimum absolute atomic E-state index is 0.866. The van der Waals surface area contributed by atoms with E-state index in [0.717, 1.165) is 17.8 Å². The molecule has 0 aliphatic carbocycles. The Morgan fingerprint density at radius 3 is 1.37 bits per heavy atom. The van der Waals surface area contributed by atoms with Crippen LogP contribution in [0.2, 0.25) is 0 Å². The smallest absolute Gasteiger partial charge is 0.0384 e. The molecular weight excluding hydrogens is 422 g/mol. The third-order valence-electron chi connectivity index (χ3n) is 4.56. The molecule has 1 nitrogen and oxygen atoms in total. The van der Waals surface area contributed by atoms with Crippen LogP contribution in [0.4, 0.5) is 5.69 Å². The van der Waals surface area contributed by atoms with Gasteiger partial charge in [-0.3, -0.25) is 0 Å². The van der Waals surface area contributed by atoms with E-state index in [4.69, 9.17) is 0 Å². The zero-order valence-corrected chi connectivity index (χ0v) is 26.0. The summed E-state index contributed by atoms with van der Waals surface area (Å²) < 4.78 is 0. The summed E-state index contributed by atoms with van der Waals surface area (Å²) in [7, 11) is 0. The summed E-state index contributed by atoms with van der Waals surface area (Å²) in [6.07, 6.45) is 3.50. The first-order valence-electron chi connectivity index (χ1n) is 13.4. The molecule has 202 valence electrons. The van der Waals surface area contributed by atoms with Crippen molar-refractivity contribution in [3.63, 3.8) is 0 Å². The minimum atomic E-state index is 0.866. The molecule has 0 aromatic heterocycles. The number of hydrogen-bond donors (Lipinski definition) is 1. The highest BCUT2D eigenvalue weighted by atomic mass is 14.9. The summed E-state index contributed by atoms with van der Waals surface area (Å²) in [6, 6.07) is 10.9. The summed E-state index contributed by atoms with van der Waals surface area (Å²) >= 11 is 0. The SMILES string of the molecule is C=C.C=C.C=C(Cc1c(C)cc(C)cc1C)Nc1ccc(C)c(C)c1.CC.CC.CC.CCCC. The molecule has 0 atom stereocenters. The molecule has 0 aliphatic rings. The van der Waals surface area contributed by atoms with E-state index in [1.165, 1.54) is 46.2 Å². The van der Waals surface area contributed by atoms with E-state index in [-0.39, 0.29) is 0 Å². The van der Waals surface area contributed by atoms with Crippen LogP contribution in [0.3, 0.4) is 0 Å². The van der Waals surface area contributed by atoms with E-state index in [1.54, 1.807) is 0 Å². The highest BCUT2D eigenvalue weighted by Crippen LogP contribution is 2.21. The molecule has 0 radical (unpaired) electrons. The first kappa shape index (κ1) is 42.6. The molecule has 0 amide bonds. The van der Waals surface area contributed by atoms with Crippen molar-refractivity contribution in [2.75, 3.05) is 5.32 Å². The summed E-state index contributed by atoms with van der Waals surface area (Å²) in [5, 5.41) is 3.43. The summed E-state index contributed by atoms with van der Waals surface area (Å²) in [5.41, 5.74) is 10.2. The Kier molecular flexibility index (Phi) is 38.3. The molecule has 0 bridgehead atoms. The highest BCUT2D eigenvalue weighted by molar-refractivity contribution is 5.52. The standard InChI is InChI=1S/C20H25N.C4H10.3C2H6.2C2H4/c1-13-9-16(4)20(17(5)10-13)12-18(6)21-19-8-7-14(2)15(3)11-19;1-3-4-2;5*1-2/h7-11,21H,6,12H2,1-5H3;3-4H2,1-2H3;3*1-2H3;2*1-2H2. The Hall–Kier alpha value is -2.54. The number of hydrogen-bond acceptors (Lipinski definition) is 1. The Labute approximate surface area is 222 Å². The van der Waals surface area contributed by atoms with Gasteiger partial charge >= 0.3 is 0 Å². The molecule has 1 heteroatoms. The van der Waals surface area contributed by atoms with Gasteiger partial charge in [-0.2, -0.15) is 0 Å². The zero-order chi connectivity index (χ0) is 29.0. The third-order valence-corrected chi connectivity index (χ3v) is 4.56. The Morgan fingerprint density at radius 2 is 1.03 bits per heavy atom. The van der Waals surface area contributed by atoms with Crippen molar-refractivity contribution < 1.29 is 0 Å². The lowest BCUT2D eigenvalue weighted by Crippen LogP contribution is -2.05. The number of benzene rings is 2. The molecule has 0 saturated heterocycles. The molecule has 0 spiro atoms. The molecular formula is C34H61N. The second-order valence-electron chi connectivity index (χ2n) is 7.08. The number of anilines is 1. The van der Waals surface area contributed by atoms with Crippen LogP contribution >= 0.6 is 0 Å². The lowest BCUT2D eigenvalue weighted by molar-refractivity contribution is 0.886. The van der Waals surface area contributed by atoms with Crippen LogP contribution in [-0.4, -0.2) is 0 Å². The molecule has 2 aromatic carbocycles. The van der Waals surface area contributed by atoms with Gasteiger partial charge in [0.05, 0.1) is 0 Å². The molecule has 0 fully saturated rings. The Morgan fingerprint density at radius 1 is 0.629 bits per heavy atom. The Balaban J connectivity index is -0.000000182. The molecule has 0 heterocycles. The van der Waals surface area contributed by atoms with Crippen LogP contribution < -0.4 is 5.32 Å². The first-order valence-corrected chi connectivity index (χ1v) is 13.4. The van der Waals surface area contributed by atoms with Crippen molar-refractivity contribution in [3.8, 4) is 0 Å². The van der Waals surface area contributed by atoms with Crippen LogP contribution in [0.25, 0.3) is 0 Å². The Bertz CT molecular complexity index is 713. The van der Waals surface area contributed by atoms with Crippen molar-refractivity contribution in [2.45, 2.75) is 109 Å². The first-order chi connectivity index (χ1) is 16.8. The van der Waals surface area contributed by atoms with E-state index in [1.807, 2.05) is 41.5 Å². The fraction of sp³-hybridized carbons (Fsp3) is 0.471.